The van der Waals surface area contributed by atoms with Gasteiger partial charge in [-0.2, -0.15) is 7.05 Å². The monoisotopic (exact) mass is 275 g/mol. The third-order valence-electron chi connectivity index (χ3n) is 1.62. The van der Waals surface area contributed by atoms with Gasteiger partial charge in [-0.25, -0.2) is 0 Å². The normalized spacial score (nSPS) is 14.0. The zero-order chi connectivity index (χ0) is 10.1. The van der Waals surface area contributed by atoms with Gasteiger partial charge in [0.1, 0.15) is 5.78 Å². The van der Waals surface area contributed by atoms with Crippen LogP contribution in [-0.4, -0.2) is 31.2 Å². The van der Waals surface area contributed by atoms with Gasteiger partial charge in [-0.3, -0.25) is 0 Å². The zero-order valence-corrected chi connectivity index (χ0v) is 15.9. The summed E-state index contributed by atoms with van der Waals surface area (Å²) in [6, 6.07) is -0.0664. The van der Waals surface area contributed by atoms with E-state index in [0.29, 0.717) is 5.66 Å². The maximum absolute atomic E-state index is 10.9. The Morgan fingerprint density at radius 1 is 1.38 bits per heavy atom. The van der Waals surface area contributed by atoms with Crippen molar-refractivity contribution in [3.8, 4) is 0 Å². The molecule has 0 heterocycles. The zero-order valence-electron chi connectivity index (χ0n) is 10.0. The first kappa shape index (κ1) is 20.3. The van der Waals surface area contributed by atoms with E-state index in [9.17, 15) is 4.79 Å². The van der Waals surface area contributed by atoms with Gasteiger partial charge in [0.15, 0.2) is 0 Å². The fourth-order valence-electron chi connectivity index (χ4n) is 0.915. The van der Waals surface area contributed by atoms with Crippen molar-refractivity contribution in [3.05, 3.63) is 5.32 Å². The van der Waals surface area contributed by atoms with Gasteiger partial charge in [-0.05, 0) is 19.2 Å². The average molecular weight is 276 g/mol. The number of hydrogen-bond donors (Lipinski definition) is 0. The van der Waals surface area contributed by atoms with Crippen LogP contribution in [0, 0.1) is 0 Å². The minimum absolute atomic E-state index is 0. The van der Waals surface area contributed by atoms with Crippen LogP contribution >= 0.6 is 8.58 Å². The molecule has 0 saturated carbocycles. The number of hydrogen-bond acceptors (Lipinski definition) is 1. The van der Waals surface area contributed by atoms with E-state index in [0.717, 1.165) is 8.58 Å². The average Bonchev–Trinajstić information content (AvgIpc) is 2.08. The van der Waals surface area contributed by atoms with Crippen LogP contribution in [0.2, 0.25) is 0 Å². The minimum Gasteiger partial charge on any atom is -0.656 e. The van der Waals surface area contributed by atoms with E-state index in [1.54, 1.807) is 14.0 Å². The van der Waals surface area contributed by atoms with Crippen LogP contribution in [-0.2, 0) is 4.79 Å². The summed E-state index contributed by atoms with van der Waals surface area (Å²) in [5.74, 6) is 0.185. The van der Waals surface area contributed by atoms with Crippen molar-refractivity contribution in [2.45, 2.75) is 39.4 Å². The molecule has 0 aliphatic carbocycles. The largest absolute Gasteiger partial charge is 1.00 e. The predicted molar refractivity (Wildman–Crippen MR) is 58.8 cm³/mol. The van der Waals surface area contributed by atoms with E-state index in [1.165, 1.54) is 0 Å². The molecule has 0 aromatic carbocycles. The Kier molecular flexibility index (Phi) is 21.6. The molecule has 0 spiro atoms. The standard InChI is InChI=1S/C7H15NOP.C2H6.Rb/c1-5(9)7(8-3)6(2)10-4;1-2;/h6-7,10H,1-4H3;1-2H3;/q-1;;+1. The van der Waals surface area contributed by atoms with Crippen molar-refractivity contribution in [2.24, 2.45) is 0 Å². The van der Waals surface area contributed by atoms with Crippen LogP contribution in [0.5, 0.6) is 0 Å². The smallest absolute Gasteiger partial charge is 0.656 e. The summed E-state index contributed by atoms with van der Waals surface area (Å²) in [6.07, 6.45) is 0. The molecular formula is C9H21NOPRb. The van der Waals surface area contributed by atoms with Crippen LogP contribution in [0.15, 0.2) is 0 Å². The maximum atomic E-state index is 10.9. The first-order chi connectivity index (χ1) is 5.63. The molecule has 2 nitrogen and oxygen atoms in total. The molecule has 0 bridgehead atoms. The Morgan fingerprint density at radius 2 is 1.77 bits per heavy atom. The Morgan fingerprint density at radius 3 is 1.85 bits per heavy atom. The molecule has 0 fully saturated rings. The Balaban J connectivity index is -0.000000309. The number of carbonyl (C=O) groups excluding carboxylic acids is 1. The molecule has 0 aliphatic rings. The summed E-state index contributed by atoms with van der Waals surface area (Å²) in [7, 11) is 2.51. The molecule has 0 aromatic heterocycles. The second kappa shape index (κ2) is 13.9. The van der Waals surface area contributed by atoms with Gasteiger partial charge in [-0.15, -0.1) is 8.58 Å². The summed E-state index contributed by atoms with van der Waals surface area (Å²) in [5.41, 5.74) is 0.419. The molecule has 13 heavy (non-hydrogen) atoms. The summed E-state index contributed by atoms with van der Waals surface area (Å²) in [5, 5.41) is 4.02. The van der Waals surface area contributed by atoms with Gasteiger partial charge in [0, 0.05) is 0 Å². The third kappa shape index (κ3) is 10.2. The van der Waals surface area contributed by atoms with Crippen LogP contribution in [0.4, 0.5) is 0 Å². The molecule has 0 aromatic rings. The van der Waals surface area contributed by atoms with Gasteiger partial charge in [0.2, 0.25) is 0 Å². The van der Waals surface area contributed by atoms with Crippen LogP contribution < -0.4 is 58.2 Å². The molecule has 0 aliphatic heterocycles. The quantitative estimate of drug-likeness (QED) is 0.647. The first-order valence-corrected chi connectivity index (χ1v) is 5.97. The van der Waals surface area contributed by atoms with Crippen molar-refractivity contribution < 1.29 is 63.0 Å². The third-order valence-corrected chi connectivity index (χ3v) is 2.85. The van der Waals surface area contributed by atoms with Crippen molar-refractivity contribution >= 4 is 14.4 Å². The number of carbonyl (C=O) groups is 1. The fourth-order valence-corrected chi connectivity index (χ4v) is 1.61. The maximum Gasteiger partial charge on any atom is 1.00 e. The van der Waals surface area contributed by atoms with Gasteiger partial charge in [0.05, 0.1) is 0 Å². The molecule has 3 unspecified atom stereocenters. The first-order valence-electron chi connectivity index (χ1n) is 4.40. The molecule has 4 heteroatoms. The van der Waals surface area contributed by atoms with Gasteiger partial charge >= 0.3 is 58.2 Å². The topological polar surface area (TPSA) is 31.2 Å². The fraction of sp³-hybridized carbons (Fsp3) is 0.889. The second-order valence-electron chi connectivity index (χ2n) is 2.39. The molecule has 74 valence electrons. The molecule has 3 atom stereocenters. The van der Waals surface area contributed by atoms with Crippen LogP contribution in [0.3, 0.4) is 0 Å². The second-order valence-corrected chi connectivity index (χ2v) is 3.88. The molecule has 0 rings (SSSR count). The van der Waals surface area contributed by atoms with Crippen LogP contribution in [0.1, 0.15) is 27.7 Å². The van der Waals surface area contributed by atoms with E-state index in [2.05, 4.69) is 18.9 Å². The van der Waals surface area contributed by atoms with Gasteiger partial charge < -0.3 is 10.1 Å². The number of ketones is 1. The van der Waals surface area contributed by atoms with Gasteiger partial charge in [-0.1, -0.05) is 26.8 Å². The Bertz CT molecular complexity index is 122. The van der Waals surface area contributed by atoms with Crippen molar-refractivity contribution in [1.29, 1.82) is 0 Å². The summed E-state index contributed by atoms with van der Waals surface area (Å²) < 4.78 is 0. The van der Waals surface area contributed by atoms with Crippen molar-refractivity contribution in [1.82, 2.24) is 0 Å². The molecule has 0 saturated heterocycles. The number of rotatable bonds is 4. The minimum atomic E-state index is -0.0664. The van der Waals surface area contributed by atoms with E-state index in [1.807, 2.05) is 13.8 Å². The number of likely N-dealkylation sites (N-methyl/N-ethyl adjacent to an activating group) is 1. The molecule has 0 amide bonds. The Hall–Kier alpha value is 1.87. The molecule has 0 N–H and O–H groups in total. The molecule has 0 radical (unpaired) electrons. The van der Waals surface area contributed by atoms with E-state index < -0.39 is 0 Å². The van der Waals surface area contributed by atoms with Gasteiger partial charge in [0.25, 0.3) is 0 Å². The van der Waals surface area contributed by atoms with E-state index in [4.69, 9.17) is 0 Å². The number of nitrogens with zero attached hydrogens (tertiary/aromatic N) is 1. The van der Waals surface area contributed by atoms with Crippen molar-refractivity contribution in [2.75, 3.05) is 13.7 Å². The Labute approximate surface area is 134 Å². The van der Waals surface area contributed by atoms with E-state index in [-0.39, 0.29) is 70.0 Å². The summed E-state index contributed by atoms with van der Waals surface area (Å²) in [4.78, 5) is 10.9. The van der Waals surface area contributed by atoms with E-state index >= 15 is 0 Å². The number of Topliss-reactive ketones (excluding diaryl/α,β-unsaturated/α-hetero) is 1. The van der Waals surface area contributed by atoms with Crippen molar-refractivity contribution in [3.63, 3.8) is 0 Å². The molecular weight excluding hydrogens is 255 g/mol. The SMILES string of the molecule is CC.C[N-]C(C(C)=O)C(C)PC.[Rb+]. The van der Waals surface area contributed by atoms with Crippen LogP contribution in [0.25, 0.3) is 5.32 Å². The summed E-state index contributed by atoms with van der Waals surface area (Å²) in [6.45, 7) is 9.78. The predicted octanol–water partition coefficient (Wildman–Crippen LogP) is -0.325. The summed E-state index contributed by atoms with van der Waals surface area (Å²) >= 11 is 0.